The Kier molecular flexibility index (Phi) is 5.41. The fraction of sp³-hybridized carbons (Fsp3) is 0.600. The minimum absolute atomic E-state index is 0.0214. The van der Waals surface area contributed by atoms with E-state index in [1.54, 1.807) is 19.1 Å². The third-order valence-electron chi connectivity index (χ3n) is 3.33. The molecule has 0 heterocycles. The van der Waals surface area contributed by atoms with Crippen molar-refractivity contribution in [1.29, 1.82) is 0 Å². The Labute approximate surface area is 127 Å². The quantitative estimate of drug-likeness (QED) is 0.724. The molecular weight excluding hydrogens is 288 g/mol. The first kappa shape index (κ1) is 17.9. The number of sulfonamides is 1. The maximum atomic E-state index is 12.4. The van der Waals surface area contributed by atoms with Gasteiger partial charge in [0.15, 0.2) is 0 Å². The number of aliphatic hydroxyl groups is 1. The molecule has 120 valence electrons. The van der Waals surface area contributed by atoms with Gasteiger partial charge in [-0.2, -0.15) is 0 Å². The number of nitrogens with two attached hydrogens (primary N) is 1. The molecule has 1 aromatic rings. The summed E-state index contributed by atoms with van der Waals surface area (Å²) in [6, 6.07) is 3.38. The Morgan fingerprint density at radius 2 is 1.86 bits per heavy atom. The Morgan fingerprint density at radius 1 is 1.29 bits per heavy atom. The second-order valence-electron chi connectivity index (χ2n) is 6.70. The molecule has 0 aliphatic carbocycles. The van der Waals surface area contributed by atoms with Gasteiger partial charge in [0, 0.05) is 6.54 Å². The third kappa shape index (κ3) is 4.98. The average molecular weight is 314 g/mol. The topological polar surface area (TPSA) is 92.4 Å². The van der Waals surface area contributed by atoms with E-state index in [0.717, 1.165) is 5.56 Å². The Bertz CT molecular complexity index is 604. The number of hydrogen-bond donors (Lipinski definition) is 3. The first-order valence-corrected chi connectivity index (χ1v) is 8.46. The van der Waals surface area contributed by atoms with E-state index < -0.39 is 16.1 Å². The summed E-state index contributed by atoms with van der Waals surface area (Å²) in [7, 11) is -3.73. The van der Waals surface area contributed by atoms with Crippen LogP contribution in [-0.4, -0.2) is 26.2 Å². The van der Waals surface area contributed by atoms with E-state index in [4.69, 9.17) is 5.73 Å². The van der Waals surface area contributed by atoms with Crippen molar-refractivity contribution in [3.8, 4) is 0 Å². The Morgan fingerprint density at radius 3 is 2.38 bits per heavy atom. The standard InChI is InChI=1S/C15H26N2O3S/c1-10-6-7-13(16)14(11(10)2)21(19,20)17-9-12(18)8-15(3,4)5/h6-7,12,17-18H,8-9,16H2,1-5H3. The molecule has 4 N–H and O–H groups in total. The average Bonchev–Trinajstić information content (AvgIpc) is 2.30. The third-order valence-corrected chi connectivity index (χ3v) is 4.96. The maximum Gasteiger partial charge on any atom is 0.242 e. The molecule has 0 radical (unpaired) electrons. The molecule has 1 aromatic carbocycles. The summed E-state index contributed by atoms with van der Waals surface area (Å²) in [6.07, 6.45) is -0.219. The highest BCUT2D eigenvalue weighted by Gasteiger charge is 2.23. The van der Waals surface area contributed by atoms with Gasteiger partial charge < -0.3 is 10.8 Å². The number of nitrogens with one attached hydrogen (secondary N) is 1. The van der Waals surface area contributed by atoms with Gasteiger partial charge in [0.2, 0.25) is 10.0 Å². The van der Waals surface area contributed by atoms with Crippen LogP contribution in [0.3, 0.4) is 0 Å². The zero-order valence-electron chi connectivity index (χ0n) is 13.4. The molecule has 0 spiro atoms. The van der Waals surface area contributed by atoms with Crippen LogP contribution >= 0.6 is 0 Å². The molecule has 6 heteroatoms. The first-order valence-electron chi connectivity index (χ1n) is 6.97. The molecule has 0 aliphatic rings. The molecule has 0 saturated heterocycles. The molecule has 0 saturated carbocycles. The number of nitrogen functional groups attached to an aromatic ring is 1. The summed E-state index contributed by atoms with van der Waals surface area (Å²) in [5.41, 5.74) is 7.45. The Hall–Kier alpha value is -1.11. The molecule has 5 nitrogen and oxygen atoms in total. The second kappa shape index (κ2) is 6.34. The molecule has 0 bridgehead atoms. The van der Waals surface area contributed by atoms with Crippen LogP contribution < -0.4 is 10.5 Å². The van der Waals surface area contributed by atoms with E-state index in [-0.39, 0.29) is 22.5 Å². The van der Waals surface area contributed by atoms with Gasteiger partial charge >= 0.3 is 0 Å². The van der Waals surface area contributed by atoms with Gasteiger partial charge in [0.1, 0.15) is 4.90 Å². The van der Waals surface area contributed by atoms with Crippen LogP contribution in [0, 0.1) is 19.3 Å². The summed E-state index contributed by atoms with van der Waals surface area (Å²) in [5.74, 6) is 0. The predicted molar refractivity (Wildman–Crippen MR) is 85.6 cm³/mol. The lowest BCUT2D eigenvalue weighted by Gasteiger charge is -2.22. The first-order chi connectivity index (χ1) is 9.44. The van der Waals surface area contributed by atoms with Crippen LogP contribution in [0.2, 0.25) is 0 Å². The van der Waals surface area contributed by atoms with Crippen LogP contribution in [0.4, 0.5) is 5.69 Å². The normalized spacial score (nSPS) is 14.2. The molecule has 21 heavy (non-hydrogen) atoms. The zero-order valence-corrected chi connectivity index (χ0v) is 14.2. The molecule has 0 amide bonds. The monoisotopic (exact) mass is 314 g/mol. The summed E-state index contributed by atoms with van der Waals surface area (Å²) >= 11 is 0. The van der Waals surface area contributed by atoms with Gasteiger partial charge in [0.05, 0.1) is 11.8 Å². The number of hydrogen-bond acceptors (Lipinski definition) is 4. The van der Waals surface area contributed by atoms with Crippen molar-refractivity contribution >= 4 is 15.7 Å². The highest BCUT2D eigenvalue weighted by atomic mass is 32.2. The molecule has 0 fully saturated rings. The number of rotatable bonds is 5. The van der Waals surface area contributed by atoms with E-state index in [1.807, 2.05) is 27.7 Å². The van der Waals surface area contributed by atoms with Gasteiger partial charge in [-0.3, -0.25) is 0 Å². The van der Waals surface area contributed by atoms with E-state index >= 15 is 0 Å². The summed E-state index contributed by atoms with van der Waals surface area (Å²) < 4.78 is 27.2. The Balaban J connectivity index is 2.91. The van der Waals surface area contributed by atoms with Crippen molar-refractivity contribution in [3.63, 3.8) is 0 Å². The van der Waals surface area contributed by atoms with Gasteiger partial charge in [-0.05, 0) is 42.9 Å². The van der Waals surface area contributed by atoms with Crippen molar-refractivity contribution in [2.24, 2.45) is 5.41 Å². The van der Waals surface area contributed by atoms with Crippen LogP contribution in [0.15, 0.2) is 17.0 Å². The maximum absolute atomic E-state index is 12.4. The van der Waals surface area contributed by atoms with Crippen LogP contribution in [0.5, 0.6) is 0 Å². The molecule has 1 unspecified atom stereocenters. The second-order valence-corrected chi connectivity index (χ2v) is 8.40. The highest BCUT2D eigenvalue weighted by molar-refractivity contribution is 7.89. The smallest absolute Gasteiger partial charge is 0.242 e. The fourth-order valence-electron chi connectivity index (χ4n) is 2.22. The van der Waals surface area contributed by atoms with E-state index in [2.05, 4.69) is 4.72 Å². The van der Waals surface area contributed by atoms with E-state index in [1.165, 1.54) is 0 Å². The zero-order chi connectivity index (χ0) is 16.4. The van der Waals surface area contributed by atoms with Gasteiger partial charge in [-0.15, -0.1) is 0 Å². The number of aliphatic hydroxyl groups excluding tert-OH is 1. The molecule has 0 aromatic heterocycles. The minimum atomic E-state index is -3.73. The predicted octanol–water partition coefficient (Wildman–Crippen LogP) is 1.96. The van der Waals surface area contributed by atoms with Gasteiger partial charge in [-0.25, -0.2) is 13.1 Å². The number of anilines is 1. The molecule has 1 rings (SSSR count). The van der Waals surface area contributed by atoms with Crippen molar-refractivity contribution in [1.82, 2.24) is 4.72 Å². The van der Waals surface area contributed by atoms with Crippen LogP contribution in [-0.2, 0) is 10.0 Å². The summed E-state index contributed by atoms with van der Waals surface area (Å²) in [4.78, 5) is 0.102. The largest absolute Gasteiger partial charge is 0.398 e. The van der Waals surface area contributed by atoms with Crippen LogP contribution in [0.1, 0.15) is 38.3 Å². The van der Waals surface area contributed by atoms with Crippen molar-refractivity contribution in [3.05, 3.63) is 23.3 Å². The highest BCUT2D eigenvalue weighted by Crippen LogP contribution is 2.25. The summed E-state index contributed by atoms with van der Waals surface area (Å²) in [6.45, 7) is 9.52. The minimum Gasteiger partial charge on any atom is -0.398 e. The molecule has 0 aliphatic heterocycles. The SMILES string of the molecule is Cc1ccc(N)c(S(=O)(=O)NCC(O)CC(C)(C)C)c1C. The lowest BCUT2D eigenvalue weighted by molar-refractivity contribution is 0.125. The van der Waals surface area contributed by atoms with E-state index in [0.29, 0.717) is 12.0 Å². The lowest BCUT2D eigenvalue weighted by Crippen LogP contribution is -2.34. The molecule has 1 atom stereocenters. The van der Waals surface area contributed by atoms with Gasteiger partial charge in [-0.1, -0.05) is 26.8 Å². The van der Waals surface area contributed by atoms with Crippen molar-refractivity contribution in [2.45, 2.75) is 52.0 Å². The summed E-state index contributed by atoms with van der Waals surface area (Å²) in [5, 5.41) is 9.93. The number of aryl methyl sites for hydroxylation is 1. The lowest BCUT2D eigenvalue weighted by atomic mass is 9.89. The van der Waals surface area contributed by atoms with E-state index in [9.17, 15) is 13.5 Å². The number of benzene rings is 1. The van der Waals surface area contributed by atoms with Crippen molar-refractivity contribution < 1.29 is 13.5 Å². The van der Waals surface area contributed by atoms with Gasteiger partial charge in [0.25, 0.3) is 0 Å². The molecular formula is C15H26N2O3S. The van der Waals surface area contributed by atoms with Crippen LogP contribution in [0.25, 0.3) is 0 Å². The fourth-order valence-corrected chi connectivity index (χ4v) is 3.72. The van der Waals surface area contributed by atoms with Crippen molar-refractivity contribution in [2.75, 3.05) is 12.3 Å².